The van der Waals surface area contributed by atoms with Gasteiger partial charge in [0, 0.05) is 13.0 Å². The van der Waals surface area contributed by atoms with Crippen LogP contribution in [0, 0.1) is 17.7 Å². The third kappa shape index (κ3) is 3.84. The molecule has 0 bridgehead atoms. The molecule has 0 aromatic heterocycles. The Morgan fingerprint density at radius 1 is 1.41 bits per heavy atom. The van der Waals surface area contributed by atoms with Crippen LogP contribution in [0.3, 0.4) is 0 Å². The number of carbonyl (C=O) groups excluding carboxylic acids is 1. The van der Waals surface area contributed by atoms with E-state index in [0.717, 1.165) is 11.5 Å². The fourth-order valence-electron chi connectivity index (χ4n) is 2.00. The predicted octanol–water partition coefficient (Wildman–Crippen LogP) is 2.88. The lowest BCUT2D eigenvalue weighted by molar-refractivity contribution is -0.122. The van der Waals surface area contributed by atoms with Crippen molar-refractivity contribution in [3.63, 3.8) is 0 Å². The molecule has 1 fully saturated rings. The summed E-state index contributed by atoms with van der Waals surface area (Å²) in [4.78, 5) is 11.6. The van der Waals surface area contributed by atoms with Crippen molar-refractivity contribution in [2.24, 2.45) is 11.8 Å². The van der Waals surface area contributed by atoms with Crippen molar-refractivity contribution in [3.05, 3.63) is 35.6 Å². The molecule has 92 valence electrons. The minimum Gasteiger partial charge on any atom is -0.352 e. The van der Waals surface area contributed by atoms with E-state index in [4.69, 9.17) is 0 Å². The normalized spacial score (nSPS) is 16.6. The molecule has 17 heavy (non-hydrogen) atoms. The van der Waals surface area contributed by atoms with Crippen LogP contribution in [0.5, 0.6) is 0 Å². The summed E-state index contributed by atoms with van der Waals surface area (Å²) in [6.07, 6.45) is 3.14. The van der Waals surface area contributed by atoms with Gasteiger partial charge in [-0.2, -0.15) is 0 Å². The average Bonchev–Trinajstić information content (AvgIpc) is 3.12. The highest BCUT2D eigenvalue weighted by atomic mass is 19.1. The number of rotatable bonds is 5. The first kappa shape index (κ1) is 12.1. The lowest BCUT2D eigenvalue weighted by atomic mass is 10.0. The van der Waals surface area contributed by atoms with Gasteiger partial charge in [-0.25, -0.2) is 4.39 Å². The van der Waals surface area contributed by atoms with Crippen molar-refractivity contribution in [2.75, 3.05) is 0 Å². The summed E-state index contributed by atoms with van der Waals surface area (Å²) in [6.45, 7) is 2.62. The molecule has 1 amide bonds. The van der Waals surface area contributed by atoms with E-state index in [0.29, 0.717) is 18.9 Å². The minimum absolute atomic E-state index is 0.0914. The summed E-state index contributed by atoms with van der Waals surface area (Å²) in [5.74, 6) is 1.09. The number of hydrogen-bond donors (Lipinski definition) is 1. The summed E-state index contributed by atoms with van der Waals surface area (Å²) in [7, 11) is 0. The van der Waals surface area contributed by atoms with Gasteiger partial charge in [0.15, 0.2) is 0 Å². The number of carbonyl (C=O) groups is 1. The molecule has 1 aromatic rings. The summed E-state index contributed by atoms with van der Waals surface area (Å²) in [6, 6.07) is 6.21. The molecule has 0 spiro atoms. The van der Waals surface area contributed by atoms with Gasteiger partial charge >= 0.3 is 0 Å². The van der Waals surface area contributed by atoms with Gasteiger partial charge in [-0.15, -0.1) is 0 Å². The first-order chi connectivity index (χ1) is 8.15. The van der Waals surface area contributed by atoms with E-state index in [1.165, 1.54) is 25.0 Å². The van der Waals surface area contributed by atoms with Crippen LogP contribution in [0.2, 0.25) is 0 Å². The van der Waals surface area contributed by atoms with E-state index in [2.05, 4.69) is 12.2 Å². The number of nitrogens with one attached hydrogen (secondary N) is 1. The van der Waals surface area contributed by atoms with E-state index in [9.17, 15) is 9.18 Å². The predicted molar refractivity (Wildman–Crippen MR) is 64.8 cm³/mol. The van der Waals surface area contributed by atoms with Crippen LogP contribution in [-0.4, -0.2) is 5.91 Å². The van der Waals surface area contributed by atoms with Gasteiger partial charge in [0.2, 0.25) is 5.91 Å². The van der Waals surface area contributed by atoms with Crippen LogP contribution in [0.15, 0.2) is 24.3 Å². The Morgan fingerprint density at radius 2 is 2.06 bits per heavy atom. The number of benzene rings is 1. The maximum atomic E-state index is 12.7. The Hall–Kier alpha value is -1.38. The monoisotopic (exact) mass is 235 g/mol. The van der Waals surface area contributed by atoms with Crippen molar-refractivity contribution < 1.29 is 9.18 Å². The molecule has 0 saturated heterocycles. The van der Waals surface area contributed by atoms with E-state index < -0.39 is 0 Å². The fraction of sp³-hybridized carbons (Fsp3) is 0.500. The van der Waals surface area contributed by atoms with Gasteiger partial charge in [-0.1, -0.05) is 19.1 Å². The Kier molecular flexibility index (Phi) is 3.77. The lowest BCUT2D eigenvalue weighted by Gasteiger charge is -2.10. The Labute approximate surface area is 101 Å². The topological polar surface area (TPSA) is 29.1 Å². The van der Waals surface area contributed by atoms with Crippen LogP contribution < -0.4 is 5.32 Å². The molecule has 1 unspecified atom stereocenters. The van der Waals surface area contributed by atoms with E-state index in [1.807, 2.05) is 0 Å². The number of hydrogen-bond acceptors (Lipinski definition) is 1. The summed E-state index contributed by atoms with van der Waals surface area (Å²) >= 11 is 0. The molecule has 0 aliphatic heterocycles. The van der Waals surface area contributed by atoms with Crippen LogP contribution in [0.25, 0.3) is 0 Å². The minimum atomic E-state index is -0.248. The second-order valence-corrected chi connectivity index (χ2v) is 4.92. The van der Waals surface area contributed by atoms with Crippen LogP contribution >= 0.6 is 0 Å². The summed E-state index contributed by atoms with van der Waals surface area (Å²) in [5.41, 5.74) is 0.929. The van der Waals surface area contributed by atoms with Gasteiger partial charge in [-0.3, -0.25) is 4.79 Å². The highest BCUT2D eigenvalue weighted by molar-refractivity contribution is 5.76. The fourth-order valence-corrected chi connectivity index (χ4v) is 2.00. The third-order valence-electron chi connectivity index (χ3n) is 3.34. The van der Waals surface area contributed by atoms with Gasteiger partial charge in [0.1, 0.15) is 5.82 Å². The van der Waals surface area contributed by atoms with Crippen molar-refractivity contribution >= 4 is 5.91 Å². The largest absolute Gasteiger partial charge is 0.352 e. The molecule has 3 heteroatoms. The van der Waals surface area contributed by atoms with Gasteiger partial charge in [-0.05, 0) is 42.4 Å². The molecular weight excluding hydrogens is 217 g/mol. The standard InChI is InChI=1S/C14H18FNO/c1-10(12-4-5-12)8-14(17)16-9-11-2-6-13(15)7-3-11/h2-3,6-7,10,12H,4-5,8-9H2,1H3,(H,16,17). The first-order valence-corrected chi connectivity index (χ1v) is 6.16. The SMILES string of the molecule is CC(CC(=O)NCc1ccc(F)cc1)C1CC1. The zero-order valence-corrected chi connectivity index (χ0v) is 10.1. The molecule has 2 rings (SSSR count). The van der Waals surface area contributed by atoms with Crippen LogP contribution in [0.4, 0.5) is 4.39 Å². The highest BCUT2D eigenvalue weighted by Crippen LogP contribution is 2.37. The maximum Gasteiger partial charge on any atom is 0.220 e. The molecule has 1 saturated carbocycles. The van der Waals surface area contributed by atoms with Gasteiger partial charge in [0.25, 0.3) is 0 Å². The maximum absolute atomic E-state index is 12.7. The molecule has 0 heterocycles. The Bertz CT molecular complexity index is 384. The average molecular weight is 235 g/mol. The second-order valence-electron chi connectivity index (χ2n) is 4.92. The smallest absolute Gasteiger partial charge is 0.220 e. The molecule has 1 aromatic carbocycles. The molecule has 2 nitrogen and oxygen atoms in total. The lowest BCUT2D eigenvalue weighted by Crippen LogP contribution is -2.24. The van der Waals surface area contributed by atoms with Gasteiger partial charge < -0.3 is 5.32 Å². The third-order valence-corrected chi connectivity index (χ3v) is 3.34. The summed E-state index contributed by atoms with van der Waals surface area (Å²) in [5, 5.41) is 2.87. The molecule has 1 atom stereocenters. The van der Waals surface area contributed by atoms with E-state index in [-0.39, 0.29) is 11.7 Å². The van der Waals surface area contributed by atoms with Gasteiger partial charge in [0.05, 0.1) is 0 Å². The molecule has 1 N–H and O–H groups in total. The number of amides is 1. The zero-order valence-electron chi connectivity index (χ0n) is 10.1. The highest BCUT2D eigenvalue weighted by Gasteiger charge is 2.28. The summed E-state index contributed by atoms with van der Waals surface area (Å²) < 4.78 is 12.7. The van der Waals surface area contributed by atoms with Crippen LogP contribution in [-0.2, 0) is 11.3 Å². The van der Waals surface area contributed by atoms with Crippen LogP contribution in [0.1, 0.15) is 31.7 Å². The van der Waals surface area contributed by atoms with Crippen molar-refractivity contribution in [3.8, 4) is 0 Å². The zero-order chi connectivity index (χ0) is 12.3. The van der Waals surface area contributed by atoms with E-state index in [1.54, 1.807) is 12.1 Å². The Balaban J connectivity index is 1.73. The van der Waals surface area contributed by atoms with E-state index >= 15 is 0 Å². The first-order valence-electron chi connectivity index (χ1n) is 6.16. The Morgan fingerprint density at radius 3 is 2.65 bits per heavy atom. The quantitative estimate of drug-likeness (QED) is 0.835. The number of halogens is 1. The van der Waals surface area contributed by atoms with Crippen molar-refractivity contribution in [1.82, 2.24) is 5.32 Å². The molecular formula is C14H18FNO. The molecule has 1 aliphatic rings. The van der Waals surface area contributed by atoms with Crippen molar-refractivity contribution in [1.29, 1.82) is 0 Å². The molecule has 1 aliphatic carbocycles. The molecule has 0 radical (unpaired) electrons. The second kappa shape index (κ2) is 5.30. The van der Waals surface area contributed by atoms with Crippen molar-refractivity contribution in [2.45, 2.75) is 32.7 Å².